The summed E-state index contributed by atoms with van der Waals surface area (Å²) in [6.07, 6.45) is 4.88. The summed E-state index contributed by atoms with van der Waals surface area (Å²) < 4.78 is 26.9. The summed E-state index contributed by atoms with van der Waals surface area (Å²) in [6.45, 7) is 11.4. The molecule has 1 rings (SSSR count). The first-order chi connectivity index (χ1) is 10.8. The van der Waals surface area contributed by atoms with Gasteiger partial charge in [-0.15, -0.1) is 18.3 Å². The van der Waals surface area contributed by atoms with Crippen LogP contribution in [0.15, 0.2) is 36.8 Å². The maximum atomic E-state index is 12.4. The smallest absolute Gasteiger partial charge is 0.315 e. The second-order valence-electron chi connectivity index (χ2n) is 5.02. The van der Waals surface area contributed by atoms with E-state index in [0.717, 1.165) is 11.0 Å². The van der Waals surface area contributed by atoms with Crippen molar-refractivity contribution in [3.8, 4) is 0 Å². The van der Waals surface area contributed by atoms with Crippen molar-refractivity contribution < 1.29 is 13.2 Å². The highest BCUT2D eigenvalue weighted by atomic mass is 32.2. The molecule has 1 unspecified atom stereocenters. The van der Waals surface area contributed by atoms with Crippen LogP contribution in [-0.4, -0.2) is 64.6 Å². The largest absolute Gasteiger partial charge is 0.346 e. The van der Waals surface area contributed by atoms with Gasteiger partial charge in [0.25, 0.3) is 15.2 Å². The van der Waals surface area contributed by atoms with Gasteiger partial charge in [0.1, 0.15) is 6.33 Å². The lowest BCUT2D eigenvalue weighted by Gasteiger charge is -2.21. The molecule has 1 aromatic heterocycles. The number of nitrogens with zero attached hydrogens (tertiary/aromatic N) is 5. The van der Waals surface area contributed by atoms with Crippen LogP contribution in [0, 0.1) is 0 Å². The molecule has 0 saturated carbocycles. The molecule has 0 bridgehead atoms. The Balaban J connectivity index is 3.07. The summed E-state index contributed by atoms with van der Waals surface area (Å²) in [5, 5.41) is 3.42. The van der Waals surface area contributed by atoms with Gasteiger partial charge < -0.3 is 4.90 Å². The van der Waals surface area contributed by atoms with E-state index in [0.29, 0.717) is 19.5 Å². The van der Waals surface area contributed by atoms with Gasteiger partial charge in [-0.3, -0.25) is 0 Å². The average molecular weight is 341 g/mol. The molecule has 1 atom stereocenters. The second kappa shape index (κ2) is 8.02. The summed E-state index contributed by atoms with van der Waals surface area (Å²) in [6, 6.07) is -0.689. The molecular weight excluding hydrogens is 318 g/mol. The van der Waals surface area contributed by atoms with E-state index in [1.54, 1.807) is 19.1 Å². The van der Waals surface area contributed by atoms with E-state index in [1.165, 1.54) is 16.3 Å². The molecule has 23 heavy (non-hydrogen) atoms. The lowest BCUT2D eigenvalue weighted by molar-refractivity contribution is 0.206. The molecule has 1 amide bonds. The fraction of sp³-hybridized carbons (Fsp3) is 0.500. The lowest BCUT2D eigenvalue weighted by atomic mass is 10.3. The minimum atomic E-state index is -3.83. The molecule has 1 heterocycles. The van der Waals surface area contributed by atoms with Crippen LogP contribution in [0.5, 0.6) is 0 Å². The molecule has 9 heteroatoms. The third kappa shape index (κ3) is 4.26. The van der Waals surface area contributed by atoms with E-state index in [9.17, 15) is 13.2 Å². The minimum Gasteiger partial charge on any atom is -0.315 e. The van der Waals surface area contributed by atoms with Crippen LogP contribution in [-0.2, 0) is 10.0 Å². The third-order valence-corrected chi connectivity index (χ3v) is 5.22. The van der Waals surface area contributed by atoms with Crippen molar-refractivity contribution in [2.45, 2.75) is 31.5 Å². The van der Waals surface area contributed by atoms with E-state index in [2.05, 4.69) is 23.2 Å². The number of sulfonamides is 1. The number of amides is 1. The molecule has 0 fully saturated rings. The zero-order valence-electron chi connectivity index (χ0n) is 13.7. The lowest BCUT2D eigenvalue weighted by Crippen LogP contribution is -2.36. The molecule has 0 aliphatic carbocycles. The molecular formula is C14H23N5O3S. The Morgan fingerprint density at radius 1 is 1.39 bits per heavy atom. The SMILES string of the molecule is C=CCN(CC=C)C(=O)n1cnc(S(=O)(=O)N(C)C(C)CC)n1. The normalized spacial score (nSPS) is 12.9. The third-order valence-electron chi connectivity index (χ3n) is 3.46. The van der Waals surface area contributed by atoms with Crippen molar-refractivity contribution in [2.24, 2.45) is 0 Å². The Morgan fingerprint density at radius 3 is 2.43 bits per heavy atom. The quantitative estimate of drug-likeness (QED) is 0.666. The number of rotatable bonds is 8. The van der Waals surface area contributed by atoms with Gasteiger partial charge in [0.2, 0.25) is 0 Å². The Labute approximate surface area is 137 Å². The Hall–Kier alpha value is -2.00. The Kier molecular flexibility index (Phi) is 6.64. The van der Waals surface area contributed by atoms with Gasteiger partial charge in [0, 0.05) is 26.2 Å². The Bertz CT molecular complexity index is 658. The van der Waals surface area contributed by atoms with Gasteiger partial charge in [0.15, 0.2) is 0 Å². The number of carbonyl (C=O) groups is 1. The summed E-state index contributed by atoms with van der Waals surface area (Å²) in [4.78, 5) is 17.5. The van der Waals surface area contributed by atoms with Crippen molar-refractivity contribution in [3.05, 3.63) is 31.6 Å². The number of hydrogen-bond acceptors (Lipinski definition) is 5. The first-order valence-corrected chi connectivity index (χ1v) is 8.64. The fourth-order valence-corrected chi connectivity index (χ4v) is 3.02. The molecule has 0 spiro atoms. The fourth-order valence-electron chi connectivity index (χ4n) is 1.77. The van der Waals surface area contributed by atoms with Crippen molar-refractivity contribution in [1.82, 2.24) is 24.0 Å². The second-order valence-corrected chi connectivity index (χ2v) is 6.91. The van der Waals surface area contributed by atoms with Crippen molar-refractivity contribution in [1.29, 1.82) is 0 Å². The predicted octanol–water partition coefficient (Wildman–Crippen LogP) is 1.34. The first kappa shape index (κ1) is 19.0. The highest BCUT2D eigenvalue weighted by molar-refractivity contribution is 7.88. The zero-order valence-corrected chi connectivity index (χ0v) is 14.5. The monoisotopic (exact) mass is 341 g/mol. The maximum absolute atomic E-state index is 12.4. The molecule has 0 aromatic carbocycles. The molecule has 128 valence electrons. The standard InChI is InChI=1S/C14H23N5O3S/c1-6-9-18(10-7-2)14(20)19-11-15-13(16-19)23(21,22)17(5)12(4)8-3/h6-7,11-12H,1-2,8-10H2,3-5H3. The van der Waals surface area contributed by atoms with Gasteiger partial charge in [-0.2, -0.15) is 8.99 Å². The number of aromatic nitrogens is 3. The van der Waals surface area contributed by atoms with E-state index in [4.69, 9.17) is 0 Å². The zero-order chi connectivity index (χ0) is 17.6. The van der Waals surface area contributed by atoms with E-state index in [-0.39, 0.29) is 6.04 Å². The summed E-state index contributed by atoms with van der Waals surface area (Å²) in [5.74, 6) is 0. The van der Waals surface area contributed by atoms with Gasteiger partial charge in [-0.05, 0) is 13.3 Å². The Morgan fingerprint density at radius 2 is 1.96 bits per heavy atom. The van der Waals surface area contributed by atoms with Crippen molar-refractivity contribution >= 4 is 16.1 Å². The summed E-state index contributed by atoms with van der Waals surface area (Å²) in [7, 11) is -2.37. The summed E-state index contributed by atoms with van der Waals surface area (Å²) in [5.41, 5.74) is 0. The maximum Gasteiger partial charge on any atom is 0.346 e. The van der Waals surface area contributed by atoms with E-state index in [1.807, 2.05) is 6.92 Å². The molecule has 0 saturated heterocycles. The van der Waals surface area contributed by atoms with Crippen LogP contribution in [0.1, 0.15) is 20.3 Å². The highest BCUT2D eigenvalue weighted by Crippen LogP contribution is 2.13. The van der Waals surface area contributed by atoms with Gasteiger partial charge in [-0.1, -0.05) is 19.1 Å². The molecule has 8 nitrogen and oxygen atoms in total. The molecule has 0 N–H and O–H groups in total. The van der Waals surface area contributed by atoms with Crippen molar-refractivity contribution in [3.63, 3.8) is 0 Å². The highest BCUT2D eigenvalue weighted by Gasteiger charge is 2.29. The average Bonchev–Trinajstić information content (AvgIpc) is 3.03. The first-order valence-electron chi connectivity index (χ1n) is 7.20. The molecule has 1 aromatic rings. The molecule has 0 aliphatic rings. The van der Waals surface area contributed by atoms with Crippen LogP contribution in [0.2, 0.25) is 0 Å². The minimum absolute atomic E-state index is 0.194. The molecule has 0 aliphatic heterocycles. The van der Waals surface area contributed by atoms with Crippen molar-refractivity contribution in [2.75, 3.05) is 20.1 Å². The van der Waals surface area contributed by atoms with Crippen LogP contribution in [0.25, 0.3) is 0 Å². The summed E-state index contributed by atoms with van der Waals surface area (Å²) >= 11 is 0. The van der Waals surface area contributed by atoms with E-state index < -0.39 is 21.2 Å². The van der Waals surface area contributed by atoms with Gasteiger partial charge >= 0.3 is 6.03 Å². The van der Waals surface area contributed by atoms with Crippen LogP contribution in [0.4, 0.5) is 4.79 Å². The van der Waals surface area contributed by atoms with Crippen LogP contribution >= 0.6 is 0 Å². The number of carbonyl (C=O) groups excluding carboxylic acids is 1. The van der Waals surface area contributed by atoms with Crippen LogP contribution in [0.3, 0.4) is 0 Å². The molecule has 0 radical (unpaired) electrons. The predicted molar refractivity (Wildman–Crippen MR) is 87.5 cm³/mol. The number of hydrogen-bond donors (Lipinski definition) is 0. The van der Waals surface area contributed by atoms with E-state index >= 15 is 0 Å². The van der Waals surface area contributed by atoms with Gasteiger partial charge in [-0.25, -0.2) is 18.2 Å². The van der Waals surface area contributed by atoms with Gasteiger partial charge in [0.05, 0.1) is 0 Å². The topological polar surface area (TPSA) is 88.4 Å². The van der Waals surface area contributed by atoms with Crippen LogP contribution < -0.4 is 0 Å².